The lowest BCUT2D eigenvalue weighted by molar-refractivity contribution is -0.274. The van der Waals surface area contributed by atoms with E-state index in [1.165, 1.54) is 17.7 Å². The van der Waals surface area contributed by atoms with Crippen LogP contribution in [0.4, 0.5) is 24.5 Å². The molecular weight excluding hydrogens is 611 g/mol. The molecule has 0 aliphatic rings. The molecule has 8 nitrogen and oxygen atoms in total. The summed E-state index contributed by atoms with van der Waals surface area (Å²) in [5.41, 5.74) is 5.33. The molecule has 0 bridgehead atoms. The van der Waals surface area contributed by atoms with E-state index in [-0.39, 0.29) is 30.5 Å². The molecule has 246 valence electrons. The Labute approximate surface area is 271 Å². The molecule has 11 heteroatoms. The van der Waals surface area contributed by atoms with Crippen LogP contribution in [-0.4, -0.2) is 41.8 Å². The highest BCUT2D eigenvalue weighted by atomic mass is 19.4. The molecular formula is C36H36F3N3O5. The predicted molar refractivity (Wildman–Crippen MR) is 174 cm³/mol. The summed E-state index contributed by atoms with van der Waals surface area (Å²) in [5.74, 6) is -2.31. The maximum absolute atomic E-state index is 13.5. The van der Waals surface area contributed by atoms with Gasteiger partial charge < -0.3 is 25.8 Å². The number of carbonyl (C=O) groups is 3. The van der Waals surface area contributed by atoms with Crippen molar-refractivity contribution in [3.63, 3.8) is 0 Å². The molecule has 47 heavy (non-hydrogen) atoms. The van der Waals surface area contributed by atoms with Crippen LogP contribution in [0.3, 0.4) is 0 Å². The molecule has 0 radical (unpaired) electrons. The number of ether oxygens (including phenoxy) is 1. The van der Waals surface area contributed by atoms with Crippen LogP contribution in [-0.2, 0) is 21.4 Å². The smallest absolute Gasteiger partial charge is 0.481 e. The van der Waals surface area contributed by atoms with Crippen molar-refractivity contribution in [1.82, 2.24) is 5.32 Å². The second-order valence-electron chi connectivity index (χ2n) is 12.0. The molecule has 0 heterocycles. The molecule has 1 atom stereocenters. The number of anilines is 2. The quantitative estimate of drug-likeness (QED) is 0.127. The molecule has 0 saturated carbocycles. The van der Waals surface area contributed by atoms with E-state index in [2.05, 4.69) is 65.7 Å². The van der Waals surface area contributed by atoms with Crippen LogP contribution < -0.4 is 20.7 Å². The lowest BCUT2D eigenvalue weighted by Gasteiger charge is -2.21. The highest BCUT2D eigenvalue weighted by Crippen LogP contribution is 2.27. The standard InChI is InChI=1S/C36H36F3N3O5/c1-35(2,3)27-12-8-25(9-13-27)24-6-4-23(5-7-24)22-31(34(46)42-29-16-18-30(19-17-29)47-36(37,38)39)41-28-14-10-26(11-15-28)33(45)40-21-20-32(43)44/h4-19,31,41H,20-22H2,1-3H3,(H,40,45)(H,42,46)(H,43,44). The van der Waals surface area contributed by atoms with Gasteiger partial charge >= 0.3 is 12.3 Å². The number of benzene rings is 4. The molecule has 0 aliphatic heterocycles. The van der Waals surface area contributed by atoms with Crippen LogP contribution in [0.15, 0.2) is 97.1 Å². The lowest BCUT2D eigenvalue weighted by atomic mass is 9.86. The van der Waals surface area contributed by atoms with Gasteiger partial charge in [0.25, 0.3) is 5.91 Å². The fourth-order valence-corrected chi connectivity index (χ4v) is 4.71. The number of halogens is 3. The summed E-state index contributed by atoms with van der Waals surface area (Å²) in [7, 11) is 0. The molecule has 0 saturated heterocycles. The highest BCUT2D eigenvalue weighted by Gasteiger charge is 2.31. The molecule has 4 aromatic rings. The van der Waals surface area contributed by atoms with Gasteiger partial charge in [0, 0.05) is 29.9 Å². The van der Waals surface area contributed by atoms with Gasteiger partial charge in [-0.15, -0.1) is 13.2 Å². The van der Waals surface area contributed by atoms with Crippen LogP contribution in [0.5, 0.6) is 5.75 Å². The van der Waals surface area contributed by atoms with Crippen molar-refractivity contribution >= 4 is 29.2 Å². The average molecular weight is 648 g/mol. The summed E-state index contributed by atoms with van der Waals surface area (Å²) >= 11 is 0. The van der Waals surface area contributed by atoms with E-state index in [0.717, 1.165) is 28.8 Å². The first-order valence-corrected chi connectivity index (χ1v) is 14.9. The van der Waals surface area contributed by atoms with Gasteiger partial charge in [0.05, 0.1) is 6.42 Å². The van der Waals surface area contributed by atoms with Crippen molar-refractivity contribution in [3.05, 3.63) is 114 Å². The number of amides is 2. The Morgan fingerprint density at radius 2 is 1.32 bits per heavy atom. The van der Waals surface area contributed by atoms with E-state index in [1.54, 1.807) is 24.3 Å². The largest absolute Gasteiger partial charge is 0.573 e. The molecule has 0 fully saturated rings. The van der Waals surface area contributed by atoms with E-state index in [1.807, 2.05) is 24.3 Å². The fraction of sp³-hybridized carbons (Fsp3) is 0.250. The van der Waals surface area contributed by atoms with E-state index in [9.17, 15) is 27.6 Å². The summed E-state index contributed by atoms with van der Waals surface area (Å²) in [6, 6.07) is 26.6. The monoisotopic (exact) mass is 647 g/mol. The first-order valence-electron chi connectivity index (χ1n) is 14.9. The van der Waals surface area contributed by atoms with Crippen LogP contribution in [0.25, 0.3) is 11.1 Å². The van der Waals surface area contributed by atoms with Crippen molar-refractivity contribution in [1.29, 1.82) is 0 Å². The topological polar surface area (TPSA) is 117 Å². The van der Waals surface area contributed by atoms with Gasteiger partial charge in [0.15, 0.2) is 0 Å². The number of hydrogen-bond acceptors (Lipinski definition) is 5. The SMILES string of the molecule is CC(C)(C)c1ccc(-c2ccc(CC(Nc3ccc(C(=O)NCCC(=O)O)cc3)C(=O)Nc3ccc(OC(F)(F)F)cc3)cc2)cc1. The zero-order valence-electron chi connectivity index (χ0n) is 26.2. The van der Waals surface area contributed by atoms with Gasteiger partial charge in [0.2, 0.25) is 5.91 Å². The Morgan fingerprint density at radius 1 is 0.766 bits per heavy atom. The zero-order chi connectivity index (χ0) is 34.2. The summed E-state index contributed by atoms with van der Waals surface area (Å²) in [6.45, 7) is 6.46. The zero-order valence-corrected chi connectivity index (χ0v) is 26.2. The molecule has 4 N–H and O–H groups in total. The number of aliphatic carboxylic acids is 1. The molecule has 4 aromatic carbocycles. The molecule has 0 spiro atoms. The second-order valence-corrected chi connectivity index (χ2v) is 12.0. The van der Waals surface area contributed by atoms with E-state index in [0.29, 0.717) is 11.3 Å². The van der Waals surface area contributed by atoms with E-state index in [4.69, 9.17) is 5.11 Å². The number of carboxylic acid groups (broad SMARTS) is 1. The Bertz CT molecular complexity index is 1660. The highest BCUT2D eigenvalue weighted by molar-refractivity contribution is 5.97. The van der Waals surface area contributed by atoms with Crippen molar-refractivity contribution in [2.45, 2.75) is 51.4 Å². The molecule has 1 unspecified atom stereocenters. The van der Waals surface area contributed by atoms with Crippen molar-refractivity contribution in [2.24, 2.45) is 0 Å². The first-order chi connectivity index (χ1) is 22.2. The fourth-order valence-electron chi connectivity index (χ4n) is 4.71. The third-order valence-corrected chi connectivity index (χ3v) is 7.26. The van der Waals surface area contributed by atoms with Gasteiger partial charge in [-0.3, -0.25) is 14.4 Å². The maximum atomic E-state index is 13.5. The van der Waals surface area contributed by atoms with Crippen molar-refractivity contribution < 1.29 is 37.4 Å². The minimum atomic E-state index is -4.83. The Hall–Kier alpha value is -5.32. The number of rotatable bonds is 12. The van der Waals surface area contributed by atoms with Crippen LogP contribution in [0.1, 0.15) is 48.7 Å². The van der Waals surface area contributed by atoms with Gasteiger partial charge in [0.1, 0.15) is 11.8 Å². The molecule has 4 rings (SSSR count). The van der Waals surface area contributed by atoms with Crippen LogP contribution in [0, 0.1) is 0 Å². The summed E-state index contributed by atoms with van der Waals surface area (Å²) < 4.78 is 41.6. The van der Waals surface area contributed by atoms with Gasteiger partial charge in [-0.1, -0.05) is 69.3 Å². The van der Waals surface area contributed by atoms with E-state index < -0.39 is 35.9 Å². The molecule has 0 aromatic heterocycles. The minimum absolute atomic E-state index is 0.0132. The minimum Gasteiger partial charge on any atom is -0.481 e. The van der Waals surface area contributed by atoms with Gasteiger partial charge in [-0.25, -0.2) is 0 Å². The molecule has 2 amide bonds. The lowest BCUT2D eigenvalue weighted by Crippen LogP contribution is -2.36. The van der Waals surface area contributed by atoms with Crippen molar-refractivity contribution in [2.75, 3.05) is 17.2 Å². The second kappa shape index (κ2) is 14.8. The molecule has 0 aliphatic carbocycles. The predicted octanol–water partition coefficient (Wildman–Crippen LogP) is 7.42. The van der Waals surface area contributed by atoms with E-state index >= 15 is 0 Å². The van der Waals surface area contributed by atoms with Gasteiger partial charge in [-0.2, -0.15) is 0 Å². The summed E-state index contributed by atoms with van der Waals surface area (Å²) in [4.78, 5) is 36.5. The van der Waals surface area contributed by atoms with Crippen LogP contribution >= 0.6 is 0 Å². The van der Waals surface area contributed by atoms with Gasteiger partial charge in [-0.05, 0) is 76.2 Å². The summed E-state index contributed by atoms with van der Waals surface area (Å²) in [6.07, 6.45) is -4.77. The number of nitrogens with one attached hydrogen (secondary N) is 3. The number of hydrogen-bond donors (Lipinski definition) is 4. The third kappa shape index (κ3) is 10.6. The first kappa shape index (κ1) is 34.6. The number of carbonyl (C=O) groups excluding carboxylic acids is 2. The number of carboxylic acids is 1. The Balaban J connectivity index is 1.50. The normalized spacial score (nSPS) is 12.1. The Morgan fingerprint density at radius 3 is 1.85 bits per heavy atom. The van der Waals surface area contributed by atoms with Crippen molar-refractivity contribution in [3.8, 4) is 16.9 Å². The maximum Gasteiger partial charge on any atom is 0.573 e. The average Bonchev–Trinajstić information content (AvgIpc) is 3.01. The third-order valence-electron chi connectivity index (χ3n) is 7.26. The number of alkyl halides is 3. The summed E-state index contributed by atoms with van der Waals surface area (Å²) in [5, 5.41) is 17.2. The Kier molecular flexibility index (Phi) is 10.9. The van der Waals surface area contributed by atoms with Crippen LogP contribution in [0.2, 0.25) is 0 Å².